The van der Waals surface area contributed by atoms with E-state index in [9.17, 15) is 14.7 Å². The first kappa shape index (κ1) is 32.8. The van der Waals surface area contributed by atoms with Gasteiger partial charge < -0.3 is 20.3 Å². The summed E-state index contributed by atoms with van der Waals surface area (Å²) < 4.78 is 7.46. The number of aliphatic hydroxyl groups is 1. The van der Waals surface area contributed by atoms with E-state index < -0.39 is 11.6 Å². The van der Waals surface area contributed by atoms with Gasteiger partial charge in [-0.2, -0.15) is 5.10 Å². The molecule has 4 rings (SSSR count). The number of carboxylic acid groups (broad SMARTS) is 1. The van der Waals surface area contributed by atoms with Gasteiger partial charge in [-0.15, -0.1) is 0 Å². The molecule has 1 aromatic carbocycles. The van der Waals surface area contributed by atoms with Gasteiger partial charge in [0.1, 0.15) is 5.75 Å². The highest BCUT2D eigenvalue weighted by atomic mass is 16.5. The van der Waals surface area contributed by atoms with E-state index in [1.54, 1.807) is 31.5 Å². The Morgan fingerprint density at radius 3 is 2.30 bits per heavy atom. The van der Waals surface area contributed by atoms with Gasteiger partial charge in [0.05, 0.1) is 35.9 Å². The minimum Gasteiger partial charge on any atom is -0.493 e. The fourth-order valence-corrected chi connectivity index (χ4v) is 4.50. The van der Waals surface area contributed by atoms with Gasteiger partial charge in [-0.25, -0.2) is 4.52 Å². The predicted octanol–water partition coefficient (Wildman–Crippen LogP) is 6.15. The maximum atomic E-state index is 13.1. The molecule has 0 bridgehead atoms. The first-order chi connectivity index (χ1) is 18.6. The quantitative estimate of drug-likeness (QED) is 0.349. The van der Waals surface area contributed by atoms with Gasteiger partial charge in [0, 0.05) is 12.2 Å². The number of ether oxygens (including phenoxy) is 1. The van der Waals surface area contributed by atoms with Crippen molar-refractivity contribution in [1.29, 1.82) is 0 Å². The Labute approximate surface area is 238 Å². The van der Waals surface area contributed by atoms with Crippen LogP contribution in [0.3, 0.4) is 0 Å². The van der Waals surface area contributed by atoms with Crippen molar-refractivity contribution >= 4 is 17.4 Å². The normalized spacial score (nSPS) is 12.8. The number of amides is 1. The molecule has 0 fully saturated rings. The van der Waals surface area contributed by atoms with Crippen LogP contribution >= 0.6 is 0 Å². The molecular formula is C32H47N3O5. The average molecular weight is 554 g/mol. The lowest BCUT2D eigenvalue weighted by Crippen LogP contribution is -2.32. The number of benzene rings is 1. The number of fused-ring (bicyclic) bond motifs is 2. The average Bonchev–Trinajstić information content (AvgIpc) is 3.31. The molecule has 40 heavy (non-hydrogen) atoms. The van der Waals surface area contributed by atoms with Gasteiger partial charge >= 0.3 is 5.97 Å². The highest BCUT2D eigenvalue weighted by molar-refractivity contribution is 6.03. The SMILES string of the molecule is CC.CC(C)(C)O.Cc1c(-c2ccc3c(c2)CCCO3)c(CC(=O)O)c(C)n2ncc(C(=O)NCC(C)(C)C)c12. The summed E-state index contributed by atoms with van der Waals surface area (Å²) in [5.41, 5.74) is 5.81. The van der Waals surface area contributed by atoms with E-state index in [1.165, 1.54) is 0 Å². The molecule has 220 valence electrons. The zero-order valence-corrected chi connectivity index (χ0v) is 25.9. The lowest BCUT2D eigenvalue weighted by atomic mass is 9.89. The smallest absolute Gasteiger partial charge is 0.307 e. The van der Waals surface area contributed by atoms with E-state index in [0.29, 0.717) is 29.8 Å². The van der Waals surface area contributed by atoms with Crippen molar-refractivity contribution in [3.8, 4) is 16.9 Å². The lowest BCUT2D eigenvalue weighted by Gasteiger charge is -2.21. The first-order valence-electron chi connectivity index (χ1n) is 14.0. The van der Waals surface area contributed by atoms with Crippen molar-refractivity contribution in [3.63, 3.8) is 0 Å². The van der Waals surface area contributed by atoms with Gasteiger partial charge in [0.2, 0.25) is 0 Å². The molecule has 8 heteroatoms. The monoisotopic (exact) mass is 553 g/mol. The number of carbonyl (C=O) groups is 2. The maximum Gasteiger partial charge on any atom is 0.307 e. The Morgan fingerprint density at radius 2 is 1.73 bits per heavy atom. The largest absolute Gasteiger partial charge is 0.493 e. The summed E-state index contributed by atoms with van der Waals surface area (Å²) in [6.45, 7) is 20.5. The molecule has 0 radical (unpaired) electrons. The fraction of sp³-hybridized carbons (Fsp3) is 0.531. The van der Waals surface area contributed by atoms with E-state index >= 15 is 0 Å². The number of aromatic nitrogens is 2. The van der Waals surface area contributed by atoms with Crippen LogP contribution in [0.4, 0.5) is 0 Å². The lowest BCUT2D eigenvalue weighted by molar-refractivity contribution is -0.136. The minimum atomic E-state index is -0.908. The Balaban J connectivity index is 0.000000722. The number of hydrogen-bond donors (Lipinski definition) is 3. The summed E-state index contributed by atoms with van der Waals surface area (Å²) in [7, 11) is 0. The second-order valence-electron chi connectivity index (χ2n) is 12.1. The summed E-state index contributed by atoms with van der Waals surface area (Å²) in [5, 5.41) is 25.6. The second-order valence-corrected chi connectivity index (χ2v) is 12.1. The summed E-state index contributed by atoms with van der Waals surface area (Å²) in [5.74, 6) is -0.209. The number of carbonyl (C=O) groups excluding carboxylic acids is 1. The number of nitrogens with zero attached hydrogens (tertiary/aromatic N) is 2. The molecule has 3 N–H and O–H groups in total. The van der Waals surface area contributed by atoms with Crippen molar-refractivity contribution in [3.05, 3.63) is 52.3 Å². The van der Waals surface area contributed by atoms with Gasteiger partial charge in [-0.05, 0) is 92.8 Å². The maximum absolute atomic E-state index is 13.1. The molecule has 0 atom stereocenters. The summed E-state index contributed by atoms with van der Waals surface area (Å²) >= 11 is 0. The molecule has 1 aliphatic rings. The van der Waals surface area contributed by atoms with Crippen LogP contribution in [-0.2, 0) is 17.6 Å². The Kier molecular flexibility index (Phi) is 10.9. The molecule has 3 heterocycles. The molecular weight excluding hydrogens is 506 g/mol. The van der Waals surface area contributed by atoms with Crippen molar-refractivity contribution in [2.24, 2.45) is 5.41 Å². The number of hydrogen-bond acceptors (Lipinski definition) is 5. The first-order valence-corrected chi connectivity index (χ1v) is 14.0. The molecule has 3 aromatic rings. The Hall–Kier alpha value is -3.39. The number of pyridine rings is 1. The highest BCUT2D eigenvalue weighted by Gasteiger charge is 2.25. The van der Waals surface area contributed by atoms with E-state index in [1.807, 2.05) is 39.8 Å². The fourth-order valence-electron chi connectivity index (χ4n) is 4.50. The number of aryl methyl sites for hydroxylation is 3. The predicted molar refractivity (Wildman–Crippen MR) is 160 cm³/mol. The third-order valence-electron chi connectivity index (χ3n) is 6.10. The highest BCUT2D eigenvalue weighted by Crippen LogP contribution is 2.37. The zero-order chi connectivity index (χ0) is 30.4. The summed E-state index contributed by atoms with van der Waals surface area (Å²) in [6.07, 6.45) is 3.32. The van der Waals surface area contributed by atoms with Gasteiger partial charge in [-0.3, -0.25) is 9.59 Å². The van der Waals surface area contributed by atoms with Crippen LogP contribution in [0, 0.1) is 19.3 Å². The molecule has 1 amide bonds. The molecule has 0 unspecified atom stereocenters. The van der Waals surface area contributed by atoms with E-state index in [4.69, 9.17) is 9.84 Å². The Morgan fingerprint density at radius 1 is 1.10 bits per heavy atom. The van der Waals surface area contributed by atoms with E-state index in [-0.39, 0.29) is 17.7 Å². The molecule has 2 aromatic heterocycles. The van der Waals surface area contributed by atoms with Crippen LogP contribution < -0.4 is 10.1 Å². The van der Waals surface area contributed by atoms with Crippen LogP contribution in [0.15, 0.2) is 24.4 Å². The second kappa shape index (κ2) is 13.3. The molecule has 1 aliphatic heterocycles. The van der Waals surface area contributed by atoms with Crippen LogP contribution in [0.5, 0.6) is 5.75 Å². The third-order valence-corrected chi connectivity index (χ3v) is 6.10. The van der Waals surface area contributed by atoms with E-state index in [2.05, 4.69) is 37.3 Å². The van der Waals surface area contributed by atoms with E-state index in [0.717, 1.165) is 46.5 Å². The van der Waals surface area contributed by atoms with Crippen molar-refractivity contribution < 1.29 is 24.5 Å². The number of aliphatic carboxylic acids is 1. The number of nitrogens with one attached hydrogen (secondary N) is 1. The molecule has 8 nitrogen and oxygen atoms in total. The number of rotatable bonds is 5. The Bertz CT molecular complexity index is 1340. The summed E-state index contributed by atoms with van der Waals surface area (Å²) in [4.78, 5) is 24.8. The number of carboxylic acids is 1. The molecule has 0 saturated carbocycles. The standard InChI is InChI=1S/C26H31N3O4.C4H10O.C2H6/c1-15-23(18-8-9-21-17(11-18)7-6-10-33-21)19(12-22(30)31)16(2)29-24(15)20(13-28-29)25(32)27-14-26(3,4)5;1-4(2,3)5;1-2/h8-9,11,13H,6-7,10,12,14H2,1-5H3,(H,27,32)(H,30,31);5H,1-3H3;1-2H3. The minimum absolute atomic E-state index is 0.0470. The van der Waals surface area contributed by atoms with Crippen LogP contribution in [0.25, 0.3) is 16.6 Å². The van der Waals surface area contributed by atoms with Crippen molar-refractivity contribution in [2.45, 2.75) is 94.1 Å². The van der Waals surface area contributed by atoms with Crippen LogP contribution in [0.2, 0.25) is 0 Å². The van der Waals surface area contributed by atoms with Gasteiger partial charge in [-0.1, -0.05) is 40.7 Å². The van der Waals surface area contributed by atoms with Crippen molar-refractivity contribution in [2.75, 3.05) is 13.2 Å². The van der Waals surface area contributed by atoms with Crippen LogP contribution in [-0.4, -0.2) is 50.5 Å². The molecule has 0 aliphatic carbocycles. The van der Waals surface area contributed by atoms with Gasteiger partial charge in [0.15, 0.2) is 0 Å². The molecule has 0 saturated heterocycles. The third kappa shape index (κ3) is 8.55. The van der Waals surface area contributed by atoms with Gasteiger partial charge in [0.25, 0.3) is 5.91 Å². The topological polar surface area (TPSA) is 113 Å². The van der Waals surface area contributed by atoms with Crippen molar-refractivity contribution in [1.82, 2.24) is 14.9 Å². The zero-order valence-electron chi connectivity index (χ0n) is 25.9. The van der Waals surface area contributed by atoms with Crippen LogP contribution in [0.1, 0.15) is 94.6 Å². The summed E-state index contributed by atoms with van der Waals surface area (Å²) in [6, 6.07) is 6.03. The molecule has 0 spiro atoms.